The van der Waals surface area contributed by atoms with Gasteiger partial charge in [0.25, 0.3) is 0 Å². The first-order valence-electron chi connectivity index (χ1n) is 6.02. The van der Waals surface area contributed by atoms with Crippen molar-refractivity contribution < 1.29 is 14.3 Å². The Morgan fingerprint density at radius 1 is 1.29 bits per heavy atom. The number of ether oxygens (including phenoxy) is 1. The molecule has 17 heavy (non-hydrogen) atoms. The second kappa shape index (κ2) is 4.62. The highest BCUT2D eigenvalue weighted by molar-refractivity contribution is 5.92. The minimum atomic E-state index is -0.879. The van der Waals surface area contributed by atoms with Crippen LogP contribution >= 0.6 is 0 Å². The Labute approximate surface area is 100 Å². The molecule has 0 saturated carbocycles. The number of hydrogen-bond acceptors (Lipinski definition) is 4. The average Bonchev–Trinajstić information content (AvgIpc) is 2.77. The molecule has 0 aromatic heterocycles. The Bertz CT molecular complexity index is 326. The van der Waals surface area contributed by atoms with Crippen molar-refractivity contribution in [3.63, 3.8) is 0 Å². The quantitative estimate of drug-likeness (QED) is 0.645. The molecule has 0 radical (unpaired) electrons. The lowest BCUT2D eigenvalue weighted by atomic mass is 9.89. The Hall–Kier alpha value is -1.14. The summed E-state index contributed by atoms with van der Waals surface area (Å²) in [5.41, 5.74) is 10.5. The van der Waals surface area contributed by atoms with Gasteiger partial charge in [-0.3, -0.25) is 9.59 Å². The Morgan fingerprint density at radius 3 is 2.53 bits per heavy atom. The predicted molar refractivity (Wildman–Crippen MR) is 60.9 cm³/mol. The molecule has 2 saturated heterocycles. The van der Waals surface area contributed by atoms with Crippen molar-refractivity contribution in [2.75, 3.05) is 19.8 Å². The van der Waals surface area contributed by atoms with Gasteiger partial charge in [-0.2, -0.15) is 0 Å². The molecule has 6 nitrogen and oxygen atoms in total. The summed E-state index contributed by atoms with van der Waals surface area (Å²) in [5.74, 6) is -0.589. The first kappa shape index (κ1) is 12.3. The van der Waals surface area contributed by atoms with Crippen LogP contribution in [0.15, 0.2) is 0 Å². The van der Waals surface area contributed by atoms with E-state index >= 15 is 0 Å². The number of amides is 2. The van der Waals surface area contributed by atoms with Gasteiger partial charge in [-0.15, -0.1) is 0 Å². The fraction of sp³-hybridized carbons (Fsp3) is 0.818. The lowest BCUT2D eigenvalue weighted by Crippen LogP contribution is -2.60. The van der Waals surface area contributed by atoms with E-state index in [1.807, 2.05) is 0 Å². The molecule has 2 amide bonds. The molecule has 2 heterocycles. The molecule has 1 atom stereocenters. The summed E-state index contributed by atoms with van der Waals surface area (Å²) in [6.45, 7) is 1.57. The summed E-state index contributed by atoms with van der Waals surface area (Å²) in [6, 6.07) is -0.481. The van der Waals surface area contributed by atoms with Crippen LogP contribution in [0.2, 0.25) is 0 Å². The summed E-state index contributed by atoms with van der Waals surface area (Å²) < 4.78 is 5.21. The van der Waals surface area contributed by atoms with Crippen LogP contribution in [-0.4, -0.2) is 48.1 Å². The van der Waals surface area contributed by atoms with Gasteiger partial charge in [-0.25, -0.2) is 0 Å². The molecule has 0 bridgehead atoms. The summed E-state index contributed by atoms with van der Waals surface area (Å²) in [6.07, 6.45) is 2.47. The number of nitrogens with zero attached hydrogens (tertiary/aromatic N) is 1. The number of rotatable bonds is 2. The second-order valence-electron chi connectivity index (χ2n) is 4.83. The third kappa shape index (κ3) is 2.28. The third-order valence-corrected chi connectivity index (χ3v) is 3.65. The van der Waals surface area contributed by atoms with Crippen molar-refractivity contribution in [2.24, 2.45) is 11.5 Å². The number of nitrogens with two attached hydrogens (primary N) is 2. The molecule has 2 aliphatic heterocycles. The molecule has 0 aromatic rings. The van der Waals surface area contributed by atoms with Gasteiger partial charge in [0, 0.05) is 19.8 Å². The highest BCUT2D eigenvalue weighted by Crippen LogP contribution is 2.25. The van der Waals surface area contributed by atoms with E-state index in [-0.39, 0.29) is 5.91 Å². The van der Waals surface area contributed by atoms with E-state index in [0.29, 0.717) is 39.0 Å². The first-order valence-corrected chi connectivity index (χ1v) is 6.02. The summed E-state index contributed by atoms with van der Waals surface area (Å²) in [7, 11) is 0. The zero-order valence-electron chi connectivity index (χ0n) is 9.85. The smallest absolute Gasteiger partial charge is 0.243 e. The Morgan fingerprint density at radius 2 is 1.94 bits per heavy atom. The lowest BCUT2D eigenvalue weighted by molar-refractivity contribution is -0.144. The average molecular weight is 241 g/mol. The summed E-state index contributed by atoms with van der Waals surface area (Å²) in [5, 5.41) is 0. The third-order valence-electron chi connectivity index (χ3n) is 3.65. The SMILES string of the molecule is NC(=O)C1CCCN1C(=O)C1(N)CCOCC1. The van der Waals surface area contributed by atoms with Crippen LogP contribution in [0.25, 0.3) is 0 Å². The van der Waals surface area contributed by atoms with E-state index < -0.39 is 17.5 Å². The molecule has 0 aromatic carbocycles. The molecule has 6 heteroatoms. The predicted octanol–water partition coefficient (Wildman–Crippen LogP) is -1.03. The largest absolute Gasteiger partial charge is 0.381 e. The highest BCUT2D eigenvalue weighted by atomic mass is 16.5. The molecule has 2 aliphatic rings. The van der Waals surface area contributed by atoms with Crippen LogP contribution in [0.5, 0.6) is 0 Å². The maximum atomic E-state index is 12.4. The molecule has 96 valence electrons. The van der Waals surface area contributed by atoms with E-state index in [9.17, 15) is 9.59 Å². The molecule has 0 aliphatic carbocycles. The van der Waals surface area contributed by atoms with Crippen molar-refractivity contribution in [1.82, 2.24) is 4.90 Å². The monoisotopic (exact) mass is 241 g/mol. The van der Waals surface area contributed by atoms with E-state index in [0.717, 1.165) is 6.42 Å². The minimum Gasteiger partial charge on any atom is -0.381 e. The van der Waals surface area contributed by atoms with Gasteiger partial charge in [-0.05, 0) is 25.7 Å². The second-order valence-corrected chi connectivity index (χ2v) is 4.83. The fourth-order valence-electron chi connectivity index (χ4n) is 2.54. The fourth-order valence-corrected chi connectivity index (χ4v) is 2.54. The number of hydrogen-bond donors (Lipinski definition) is 2. The van der Waals surface area contributed by atoms with Gasteiger partial charge < -0.3 is 21.1 Å². The zero-order valence-corrected chi connectivity index (χ0v) is 9.85. The van der Waals surface area contributed by atoms with Crippen LogP contribution in [-0.2, 0) is 14.3 Å². The van der Waals surface area contributed by atoms with Crippen molar-refractivity contribution in [3.05, 3.63) is 0 Å². The van der Waals surface area contributed by atoms with Gasteiger partial charge >= 0.3 is 0 Å². The number of carbonyl (C=O) groups excluding carboxylic acids is 2. The molecule has 2 fully saturated rings. The summed E-state index contributed by atoms with van der Waals surface area (Å²) in [4.78, 5) is 25.2. The van der Waals surface area contributed by atoms with Crippen molar-refractivity contribution in [2.45, 2.75) is 37.3 Å². The summed E-state index contributed by atoms with van der Waals surface area (Å²) >= 11 is 0. The van der Waals surface area contributed by atoms with E-state index in [1.165, 1.54) is 0 Å². The van der Waals surface area contributed by atoms with Gasteiger partial charge in [0.15, 0.2) is 0 Å². The van der Waals surface area contributed by atoms with Crippen molar-refractivity contribution in [3.8, 4) is 0 Å². The van der Waals surface area contributed by atoms with Gasteiger partial charge in [0.05, 0.1) is 5.54 Å². The Kier molecular flexibility index (Phi) is 3.35. The van der Waals surface area contributed by atoms with E-state index in [2.05, 4.69) is 0 Å². The van der Waals surface area contributed by atoms with E-state index in [1.54, 1.807) is 4.90 Å². The zero-order chi connectivity index (χ0) is 12.5. The molecular formula is C11H19N3O3. The molecule has 2 rings (SSSR count). The standard InChI is InChI=1S/C11H19N3O3/c12-9(15)8-2-1-5-14(8)10(16)11(13)3-6-17-7-4-11/h8H,1-7,13H2,(H2,12,15). The van der Waals surface area contributed by atoms with Crippen LogP contribution in [0.4, 0.5) is 0 Å². The van der Waals surface area contributed by atoms with E-state index in [4.69, 9.17) is 16.2 Å². The van der Waals surface area contributed by atoms with Gasteiger partial charge in [-0.1, -0.05) is 0 Å². The molecule has 0 spiro atoms. The van der Waals surface area contributed by atoms with Crippen LogP contribution in [0.1, 0.15) is 25.7 Å². The highest BCUT2D eigenvalue weighted by Gasteiger charge is 2.43. The first-order chi connectivity index (χ1) is 8.04. The van der Waals surface area contributed by atoms with Gasteiger partial charge in [0.1, 0.15) is 6.04 Å². The van der Waals surface area contributed by atoms with Crippen molar-refractivity contribution >= 4 is 11.8 Å². The molecule has 4 N–H and O–H groups in total. The van der Waals surface area contributed by atoms with Crippen LogP contribution < -0.4 is 11.5 Å². The van der Waals surface area contributed by atoms with Crippen LogP contribution in [0, 0.1) is 0 Å². The molecule has 1 unspecified atom stereocenters. The van der Waals surface area contributed by atoms with Gasteiger partial charge in [0.2, 0.25) is 11.8 Å². The number of carbonyl (C=O) groups is 2. The van der Waals surface area contributed by atoms with Crippen molar-refractivity contribution in [1.29, 1.82) is 0 Å². The minimum absolute atomic E-state index is 0.151. The number of likely N-dealkylation sites (tertiary alicyclic amines) is 1. The van der Waals surface area contributed by atoms with Crippen LogP contribution in [0.3, 0.4) is 0 Å². The maximum Gasteiger partial charge on any atom is 0.243 e. The number of primary amides is 1. The molecular weight excluding hydrogens is 222 g/mol. The lowest BCUT2D eigenvalue weighted by Gasteiger charge is -2.36. The topological polar surface area (TPSA) is 98.7 Å². The normalized spacial score (nSPS) is 28.1. The Balaban J connectivity index is 2.10. The maximum absolute atomic E-state index is 12.4.